The summed E-state index contributed by atoms with van der Waals surface area (Å²) < 4.78 is 15.0. The topological polar surface area (TPSA) is 51.5 Å². The van der Waals surface area contributed by atoms with Crippen LogP contribution in [-0.2, 0) is 4.74 Å². The quantitative estimate of drug-likeness (QED) is 0.589. The molecule has 0 bridgehead atoms. The Kier molecular flexibility index (Phi) is 3.34. The molecular formula is C10H13NO3. The lowest BCUT2D eigenvalue weighted by Gasteiger charge is -2.09. The summed E-state index contributed by atoms with van der Waals surface area (Å²) in [5, 5.41) is 7.46. The van der Waals surface area contributed by atoms with Crippen molar-refractivity contribution in [2.75, 3.05) is 21.3 Å². The van der Waals surface area contributed by atoms with E-state index in [0.717, 1.165) is 0 Å². The van der Waals surface area contributed by atoms with E-state index in [0.29, 0.717) is 17.1 Å². The van der Waals surface area contributed by atoms with Crippen LogP contribution in [0.5, 0.6) is 11.5 Å². The van der Waals surface area contributed by atoms with Gasteiger partial charge in [0.05, 0.1) is 21.3 Å². The molecule has 76 valence electrons. The predicted octanol–water partition coefficient (Wildman–Crippen LogP) is 1.68. The molecule has 0 aromatic heterocycles. The third kappa shape index (κ3) is 1.96. The van der Waals surface area contributed by atoms with Gasteiger partial charge in [-0.3, -0.25) is 5.41 Å². The molecule has 0 fully saturated rings. The molecule has 1 N–H and O–H groups in total. The predicted molar refractivity (Wildman–Crippen MR) is 53.4 cm³/mol. The zero-order chi connectivity index (χ0) is 10.6. The van der Waals surface area contributed by atoms with Gasteiger partial charge in [-0.05, 0) is 18.2 Å². The molecule has 1 aromatic rings. The van der Waals surface area contributed by atoms with Gasteiger partial charge in [0.1, 0.15) is 0 Å². The second-order valence-corrected chi connectivity index (χ2v) is 2.60. The van der Waals surface area contributed by atoms with E-state index in [1.165, 1.54) is 7.11 Å². The molecule has 4 heteroatoms. The third-order valence-corrected chi connectivity index (χ3v) is 1.85. The number of rotatable bonds is 3. The monoisotopic (exact) mass is 195 g/mol. The Morgan fingerprint density at radius 3 is 2.21 bits per heavy atom. The van der Waals surface area contributed by atoms with Gasteiger partial charge in [-0.1, -0.05) is 0 Å². The highest BCUT2D eigenvalue weighted by Gasteiger charge is 2.07. The second-order valence-electron chi connectivity index (χ2n) is 2.60. The standard InChI is InChI=1S/C10H13NO3/c1-12-8-5-4-7(10(11)14-3)6-9(8)13-2/h4-6,11H,1-3H3. The van der Waals surface area contributed by atoms with E-state index < -0.39 is 0 Å². The Morgan fingerprint density at radius 1 is 1.07 bits per heavy atom. The summed E-state index contributed by atoms with van der Waals surface area (Å²) in [5.41, 5.74) is 0.658. The molecule has 1 aromatic carbocycles. The van der Waals surface area contributed by atoms with Gasteiger partial charge in [0.25, 0.3) is 0 Å². The molecule has 0 radical (unpaired) electrons. The van der Waals surface area contributed by atoms with Crippen molar-refractivity contribution in [3.05, 3.63) is 23.8 Å². The first-order chi connectivity index (χ1) is 6.72. The van der Waals surface area contributed by atoms with Crippen molar-refractivity contribution < 1.29 is 14.2 Å². The molecular weight excluding hydrogens is 182 g/mol. The maximum atomic E-state index is 7.46. The number of hydrogen-bond acceptors (Lipinski definition) is 4. The first-order valence-corrected chi connectivity index (χ1v) is 4.08. The maximum absolute atomic E-state index is 7.46. The van der Waals surface area contributed by atoms with Crippen molar-refractivity contribution >= 4 is 5.90 Å². The molecule has 1 rings (SSSR count). The Morgan fingerprint density at radius 2 is 1.71 bits per heavy atom. The number of hydrogen-bond donors (Lipinski definition) is 1. The highest BCUT2D eigenvalue weighted by molar-refractivity contribution is 5.92. The van der Waals surface area contributed by atoms with E-state index >= 15 is 0 Å². The highest BCUT2D eigenvalue weighted by atomic mass is 16.5. The summed E-state index contributed by atoms with van der Waals surface area (Å²) in [6.07, 6.45) is 0. The van der Waals surface area contributed by atoms with Crippen molar-refractivity contribution in [1.82, 2.24) is 0 Å². The number of nitrogens with one attached hydrogen (secondary N) is 1. The molecule has 14 heavy (non-hydrogen) atoms. The second kappa shape index (κ2) is 4.50. The molecule has 0 aliphatic carbocycles. The van der Waals surface area contributed by atoms with Crippen molar-refractivity contribution in [2.45, 2.75) is 0 Å². The summed E-state index contributed by atoms with van der Waals surface area (Å²) in [6, 6.07) is 5.18. The van der Waals surface area contributed by atoms with Crippen LogP contribution in [0, 0.1) is 5.41 Å². The van der Waals surface area contributed by atoms with Crippen molar-refractivity contribution in [1.29, 1.82) is 5.41 Å². The molecule has 0 saturated heterocycles. The normalized spacial score (nSPS) is 9.36. The van der Waals surface area contributed by atoms with Gasteiger partial charge < -0.3 is 14.2 Å². The number of methoxy groups -OCH3 is 3. The number of benzene rings is 1. The van der Waals surface area contributed by atoms with Crippen molar-refractivity contribution in [3.8, 4) is 11.5 Å². The van der Waals surface area contributed by atoms with Crippen LogP contribution in [0.1, 0.15) is 5.56 Å². The van der Waals surface area contributed by atoms with Crippen LogP contribution in [0.15, 0.2) is 18.2 Å². The lowest BCUT2D eigenvalue weighted by atomic mass is 10.2. The fourth-order valence-corrected chi connectivity index (χ4v) is 1.10. The van der Waals surface area contributed by atoms with E-state index in [-0.39, 0.29) is 5.90 Å². The fraction of sp³-hybridized carbons (Fsp3) is 0.300. The van der Waals surface area contributed by atoms with E-state index in [1.807, 2.05) is 0 Å². The summed E-state index contributed by atoms with van der Waals surface area (Å²) in [6.45, 7) is 0. The van der Waals surface area contributed by atoms with Gasteiger partial charge in [-0.15, -0.1) is 0 Å². The number of ether oxygens (including phenoxy) is 3. The molecule has 0 amide bonds. The molecule has 0 atom stereocenters. The van der Waals surface area contributed by atoms with Crippen LogP contribution in [0.3, 0.4) is 0 Å². The average molecular weight is 195 g/mol. The van der Waals surface area contributed by atoms with Gasteiger partial charge in [0.2, 0.25) is 5.90 Å². The largest absolute Gasteiger partial charge is 0.493 e. The summed E-state index contributed by atoms with van der Waals surface area (Å²) in [5.74, 6) is 1.33. The van der Waals surface area contributed by atoms with Crippen LogP contribution >= 0.6 is 0 Å². The van der Waals surface area contributed by atoms with Gasteiger partial charge in [0, 0.05) is 5.56 Å². The zero-order valence-corrected chi connectivity index (χ0v) is 8.46. The molecule has 0 heterocycles. The smallest absolute Gasteiger partial charge is 0.213 e. The SMILES string of the molecule is COC(=N)c1ccc(OC)c(OC)c1. The third-order valence-electron chi connectivity index (χ3n) is 1.85. The minimum Gasteiger partial charge on any atom is -0.493 e. The molecule has 0 aliphatic rings. The molecule has 0 unspecified atom stereocenters. The van der Waals surface area contributed by atoms with Gasteiger partial charge >= 0.3 is 0 Å². The maximum Gasteiger partial charge on any atom is 0.213 e. The average Bonchev–Trinajstić information content (AvgIpc) is 2.26. The van der Waals surface area contributed by atoms with Crippen molar-refractivity contribution in [2.24, 2.45) is 0 Å². The van der Waals surface area contributed by atoms with E-state index in [4.69, 9.17) is 19.6 Å². The van der Waals surface area contributed by atoms with Crippen LogP contribution < -0.4 is 9.47 Å². The minimum atomic E-state index is 0.103. The molecule has 0 aliphatic heterocycles. The summed E-state index contributed by atoms with van der Waals surface area (Å²) in [4.78, 5) is 0. The lowest BCUT2D eigenvalue weighted by Crippen LogP contribution is -2.02. The Labute approximate surface area is 82.9 Å². The van der Waals surface area contributed by atoms with Gasteiger partial charge in [-0.25, -0.2) is 0 Å². The van der Waals surface area contributed by atoms with Crippen LogP contribution in [0.25, 0.3) is 0 Å². The van der Waals surface area contributed by atoms with E-state index in [1.54, 1.807) is 32.4 Å². The van der Waals surface area contributed by atoms with Gasteiger partial charge in [-0.2, -0.15) is 0 Å². The summed E-state index contributed by atoms with van der Waals surface area (Å²) in [7, 11) is 4.58. The fourth-order valence-electron chi connectivity index (χ4n) is 1.10. The Bertz CT molecular complexity index is 336. The van der Waals surface area contributed by atoms with Crippen molar-refractivity contribution in [3.63, 3.8) is 0 Å². The zero-order valence-electron chi connectivity index (χ0n) is 8.46. The first-order valence-electron chi connectivity index (χ1n) is 4.08. The Hall–Kier alpha value is -1.71. The lowest BCUT2D eigenvalue weighted by molar-refractivity contribution is 0.354. The van der Waals surface area contributed by atoms with Gasteiger partial charge in [0.15, 0.2) is 11.5 Å². The first kappa shape index (κ1) is 10.4. The van der Waals surface area contributed by atoms with Crippen LogP contribution in [0.4, 0.5) is 0 Å². The minimum absolute atomic E-state index is 0.103. The summed E-state index contributed by atoms with van der Waals surface area (Å²) >= 11 is 0. The van der Waals surface area contributed by atoms with E-state index in [9.17, 15) is 0 Å². The highest BCUT2D eigenvalue weighted by Crippen LogP contribution is 2.27. The van der Waals surface area contributed by atoms with Crippen LogP contribution in [-0.4, -0.2) is 27.2 Å². The molecule has 0 spiro atoms. The molecule has 0 saturated carbocycles. The van der Waals surface area contributed by atoms with Crippen LogP contribution in [0.2, 0.25) is 0 Å². The Balaban J connectivity index is 3.07. The van der Waals surface area contributed by atoms with E-state index in [2.05, 4.69) is 0 Å². The molecule has 4 nitrogen and oxygen atoms in total.